The average molecular weight is 353 g/mol. The molecule has 0 aliphatic carbocycles. The maximum atomic E-state index is 12.9. The van der Waals surface area contributed by atoms with Crippen LogP contribution in [0.5, 0.6) is 0 Å². The summed E-state index contributed by atoms with van der Waals surface area (Å²) in [6.07, 6.45) is 2.51. The number of rotatable bonds is 3. The fourth-order valence-electron chi connectivity index (χ4n) is 2.70. The maximum absolute atomic E-state index is 12.9. The quantitative estimate of drug-likeness (QED) is 0.524. The summed E-state index contributed by atoms with van der Waals surface area (Å²) in [6, 6.07) is 11.4. The van der Waals surface area contributed by atoms with Crippen molar-refractivity contribution in [2.75, 3.05) is 4.90 Å². The molecule has 1 N–H and O–H groups in total. The van der Waals surface area contributed by atoms with Gasteiger partial charge in [0.05, 0.1) is 5.69 Å². The van der Waals surface area contributed by atoms with E-state index in [0.717, 1.165) is 17.8 Å². The lowest BCUT2D eigenvalue weighted by molar-refractivity contribution is -0.122. The van der Waals surface area contributed by atoms with Crippen LogP contribution in [-0.2, 0) is 23.1 Å². The van der Waals surface area contributed by atoms with Gasteiger partial charge in [-0.3, -0.25) is 19.8 Å². The molecule has 3 rings (SSSR count). The minimum Gasteiger partial charge on any atom is -0.348 e. The molecular formula is C19H19N3O2S. The molecule has 5 nitrogen and oxygen atoms in total. The number of carbonyl (C=O) groups excluding carboxylic acids is 2. The SMILES string of the molecule is CCc1ccc(N2C(=O)/C(=C/c3ccc(C)n3C)C(=O)NC2=S)cc1. The highest BCUT2D eigenvalue weighted by molar-refractivity contribution is 7.80. The van der Waals surface area contributed by atoms with E-state index in [1.54, 1.807) is 6.08 Å². The van der Waals surface area contributed by atoms with E-state index in [9.17, 15) is 9.59 Å². The lowest BCUT2D eigenvalue weighted by atomic mass is 10.1. The summed E-state index contributed by atoms with van der Waals surface area (Å²) in [7, 11) is 1.89. The van der Waals surface area contributed by atoms with Gasteiger partial charge in [-0.1, -0.05) is 19.1 Å². The Bertz CT molecular complexity index is 894. The van der Waals surface area contributed by atoms with Crippen molar-refractivity contribution in [1.82, 2.24) is 9.88 Å². The Morgan fingerprint density at radius 2 is 1.80 bits per heavy atom. The Labute approximate surface area is 151 Å². The van der Waals surface area contributed by atoms with Crippen molar-refractivity contribution in [3.05, 3.63) is 58.9 Å². The highest BCUT2D eigenvalue weighted by Gasteiger charge is 2.34. The zero-order chi connectivity index (χ0) is 18.1. The molecule has 1 aliphatic heterocycles. The highest BCUT2D eigenvalue weighted by atomic mass is 32.1. The zero-order valence-corrected chi connectivity index (χ0v) is 15.2. The third-order valence-electron chi connectivity index (χ3n) is 4.41. The first-order valence-electron chi connectivity index (χ1n) is 8.05. The second-order valence-electron chi connectivity index (χ2n) is 5.94. The monoisotopic (exact) mass is 353 g/mol. The van der Waals surface area contributed by atoms with E-state index in [1.807, 2.05) is 54.9 Å². The van der Waals surface area contributed by atoms with Crippen molar-refractivity contribution < 1.29 is 9.59 Å². The van der Waals surface area contributed by atoms with Gasteiger partial charge < -0.3 is 4.57 Å². The van der Waals surface area contributed by atoms with Gasteiger partial charge in [0.1, 0.15) is 5.57 Å². The predicted octanol–water partition coefficient (Wildman–Crippen LogP) is 2.73. The van der Waals surface area contributed by atoms with Crippen LogP contribution >= 0.6 is 12.2 Å². The summed E-state index contributed by atoms with van der Waals surface area (Å²) < 4.78 is 1.92. The first-order chi connectivity index (χ1) is 11.9. The van der Waals surface area contributed by atoms with Crippen LogP contribution in [-0.4, -0.2) is 21.5 Å². The molecule has 1 saturated heterocycles. The van der Waals surface area contributed by atoms with E-state index in [1.165, 1.54) is 10.5 Å². The minimum atomic E-state index is -0.477. The summed E-state index contributed by atoms with van der Waals surface area (Å²) in [4.78, 5) is 26.6. The molecule has 0 saturated carbocycles. The molecule has 1 aromatic carbocycles. The molecule has 1 fully saturated rings. The fraction of sp³-hybridized carbons (Fsp3) is 0.211. The average Bonchev–Trinajstić information content (AvgIpc) is 2.91. The van der Waals surface area contributed by atoms with Gasteiger partial charge in [0.15, 0.2) is 5.11 Å². The van der Waals surface area contributed by atoms with Gasteiger partial charge >= 0.3 is 0 Å². The van der Waals surface area contributed by atoms with Gasteiger partial charge in [-0.15, -0.1) is 0 Å². The van der Waals surface area contributed by atoms with Gasteiger partial charge in [0.25, 0.3) is 11.8 Å². The molecule has 0 radical (unpaired) electrons. The third-order valence-corrected chi connectivity index (χ3v) is 4.69. The number of carbonyl (C=O) groups is 2. The molecular weight excluding hydrogens is 334 g/mol. The number of amides is 2. The summed E-state index contributed by atoms with van der Waals surface area (Å²) in [5.41, 5.74) is 3.69. The fourth-order valence-corrected chi connectivity index (χ4v) is 2.98. The Kier molecular flexibility index (Phi) is 4.55. The summed E-state index contributed by atoms with van der Waals surface area (Å²) >= 11 is 5.21. The number of aryl methyl sites for hydroxylation is 2. The van der Waals surface area contributed by atoms with Crippen LogP contribution in [0, 0.1) is 6.92 Å². The predicted molar refractivity (Wildman–Crippen MR) is 102 cm³/mol. The van der Waals surface area contributed by atoms with Crippen LogP contribution in [0.2, 0.25) is 0 Å². The van der Waals surface area contributed by atoms with Gasteiger partial charge in [-0.25, -0.2) is 0 Å². The Morgan fingerprint density at radius 3 is 2.36 bits per heavy atom. The van der Waals surface area contributed by atoms with E-state index in [-0.39, 0.29) is 10.7 Å². The van der Waals surface area contributed by atoms with Crippen LogP contribution in [0.4, 0.5) is 5.69 Å². The number of benzene rings is 1. The normalized spacial score (nSPS) is 16.5. The standard InChI is InChI=1S/C19H19N3O2S/c1-4-13-6-9-14(10-7-13)22-18(24)16(17(23)20-19(22)25)11-15-8-5-12(2)21(15)3/h5-11H,4H2,1-3H3,(H,20,23,25)/b16-11+. The number of hydrogen-bond acceptors (Lipinski definition) is 3. The van der Waals surface area contributed by atoms with Crippen molar-refractivity contribution in [3.8, 4) is 0 Å². The topological polar surface area (TPSA) is 54.3 Å². The van der Waals surface area contributed by atoms with Crippen molar-refractivity contribution in [1.29, 1.82) is 0 Å². The molecule has 1 aromatic heterocycles. The van der Waals surface area contributed by atoms with Crippen LogP contribution in [0.15, 0.2) is 42.0 Å². The van der Waals surface area contributed by atoms with E-state index in [0.29, 0.717) is 5.69 Å². The number of nitrogens with one attached hydrogen (secondary N) is 1. The molecule has 0 bridgehead atoms. The number of nitrogens with zero attached hydrogens (tertiary/aromatic N) is 2. The van der Waals surface area contributed by atoms with Crippen LogP contribution in [0.3, 0.4) is 0 Å². The molecule has 2 amide bonds. The Hall–Kier alpha value is -2.73. The third kappa shape index (κ3) is 3.13. The van der Waals surface area contributed by atoms with Crippen LogP contribution < -0.4 is 10.2 Å². The number of aromatic nitrogens is 1. The number of thiocarbonyl (C=S) groups is 1. The van der Waals surface area contributed by atoms with Crippen molar-refractivity contribution in [2.45, 2.75) is 20.3 Å². The van der Waals surface area contributed by atoms with Crippen molar-refractivity contribution in [2.24, 2.45) is 7.05 Å². The lowest BCUT2D eigenvalue weighted by Crippen LogP contribution is -2.54. The van der Waals surface area contributed by atoms with E-state index >= 15 is 0 Å². The molecule has 0 atom stereocenters. The maximum Gasteiger partial charge on any atom is 0.270 e. The van der Waals surface area contributed by atoms with E-state index < -0.39 is 11.8 Å². The van der Waals surface area contributed by atoms with E-state index in [2.05, 4.69) is 12.2 Å². The second-order valence-corrected chi connectivity index (χ2v) is 6.32. The first-order valence-corrected chi connectivity index (χ1v) is 8.46. The highest BCUT2D eigenvalue weighted by Crippen LogP contribution is 2.23. The largest absolute Gasteiger partial charge is 0.348 e. The first kappa shape index (κ1) is 17.1. The molecule has 2 heterocycles. The minimum absolute atomic E-state index is 0.0642. The lowest BCUT2D eigenvalue weighted by Gasteiger charge is -2.29. The Morgan fingerprint density at radius 1 is 1.12 bits per heavy atom. The molecule has 2 aromatic rings. The van der Waals surface area contributed by atoms with E-state index in [4.69, 9.17) is 12.2 Å². The number of anilines is 1. The van der Waals surface area contributed by atoms with Crippen molar-refractivity contribution >= 4 is 40.9 Å². The van der Waals surface area contributed by atoms with Gasteiger partial charge in [-0.05, 0) is 61.5 Å². The molecule has 6 heteroatoms. The molecule has 0 unspecified atom stereocenters. The molecule has 0 spiro atoms. The zero-order valence-electron chi connectivity index (χ0n) is 14.4. The molecule has 1 aliphatic rings. The molecule has 128 valence electrons. The van der Waals surface area contributed by atoms with Crippen LogP contribution in [0.25, 0.3) is 6.08 Å². The van der Waals surface area contributed by atoms with Crippen molar-refractivity contribution in [3.63, 3.8) is 0 Å². The molecule has 25 heavy (non-hydrogen) atoms. The smallest absolute Gasteiger partial charge is 0.270 e. The second kappa shape index (κ2) is 6.64. The van der Waals surface area contributed by atoms with Gasteiger partial charge in [0.2, 0.25) is 0 Å². The van der Waals surface area contributed by atoms with Crippen LogP contribution in [0.1, 0.15) is 23.9 Å². The van der Waals surface area contributed by atoms with Gasteiger partial charge in [-0.2, -0.15) is 0 Å². The summed E-state index contributed by atoms with van der Waals surface area (Å²) in [5.74, 6) is -0.896. The number of hydrogen-bond donors (Lipinski definition) is 1. The van der Waals surface area contributed by atoms with Gasteiger partial charge in [0, 0.05) is 18.4 Å². The summed E-state index contributed by atoms with van der Waals surface area (Å²) in [6.45, 7) is 4.02. The Balaban J connectivity index is 2.00. The summed E-state index contributed by atoms with van der Waals surface area (Å²) in [5, 5.41) is 2.70.